The van der Waals surface area contributed by atoms with Gasteiger partial charge in [0, 0.05) is 88.7 Å². The molecule has 1 atom stereocenters. The molecule has 1 amide bonds. The van der Waals surface area contributed by atoms with Crippen molar-refractivity contribution in [2.75, 3.05) is 38.6 Å². The van der Waals surface area contributed by atoms with Gasteiger partial charge in [-0.15, -0.1) is 0 Å². The van der Waals surface area contributed by atoms with Gasteiger partial charge in [-0.3, -0.25) is 14.5 Å². The summed E-state index contributed by atoms with van der Waals surface area (Å²) in [5.41, 5.74) is 7.68. The quantitative estimate of drug-likeness (QED) is 0.237. The molecule has 2 aromatic heterocycles. The minimum absolute atomic E-state index is 0.0817. The molecule has 46 heavy (non-hydrogen) atoms. The number of aliphatic hydroxyl groups is 2. The maximum Gasteiger partial charge on any atom is 0.291 e. The number of amides is 1. The van der Waals surface area contributed by atoms with Gasteiger partial charge in [0.25, 0.3) is 5.91 Å². The van der Waals surface area contributed by atoms with E-state index >= 15 is 0 Å². The molecule has 0 bridgehead atoms. The Labute approximate surface area is 273 Å². The molecule has 4 aromatic rings. The number of anilines is 1. The second-order valence-corrected chi connectivity index (χ2v) is 12.8. The van der Waals surface area contributed by atoms with Crippen LogP contribution in [-0.4, -0.2) is 90.2 Å². The molecule has 2 aliphatic heterocycles. The molecular weight excluding hydrogens is 606 g/mol. The lowest BCUT2D eigenvalue weighted by Gasteiger charge is -2.27. The molecule has 0 spiro atoms. The van der Waals surface area contributed by atoms with Crippen LogP contribution in [0.2, 0.25) is 5.02 Å². The number of aromatic nitrogens is 4. The minimum Gasteiger partial charge on any atom is -0.394 e. The maximum absolute atomic E-state index is 13.5. The SMILES string of the molecule is Cc1c(NC(=O)c2nc3c(n2C)CCN(C[C@H](O)CO)C3)cccc1-c1cccc(CC(=O)c2nc3c(n2C)CCN(C)C3)c1Cl. The Kier molecular flexibility index (Phi) is 9.13. The van der Waals surface area contributed by atoms with Gasteiger partial charge in [0.15, 0.2) is 11.6 Å². The van der Waals surface area contributed by atoms with E-state index in [4.69, 9.17) is 16.6 Å². The first-order valence-electron chi connectivity index (χ1n) is 15.6. The lowest BCUT2D eigenvalue weighted by atomic mass is 9.96. The molecule has 3 N–H and O–H groups in total. The average Bonchev–Trinajstić information content (AvgIpc) is 3.54. The number of rotatable bonds is 9. The number of hydrogen-bond acceptors (Lipinski definition) is 8. The lowest BCUT2D eigenvalue weighted by Crippen LogP contribution is -2.38. The van der Waals surface area contributed by atoms with Crippen LogP contribution >= 0.6 is 11.6 Å². The van der Waals surface area contributed by atoms with Gasteiger partial charge in [-0.25, -0.2) is 9.97 Å². The van der Waals surface area contributed by atoms with Crippen molar-refractivity contribution in [3.8, 4) is 11.1 Å². The van der Waals surface area contributed by atoms with Crippen LogP contribution in [0.25, 0.3) is 11.1 Å². The highest BCUT2D eigenvalue weighted by atomic mass is 35.5. The Morgan fingerprint density at radius 3 is 2.35 bits per heavy atom. The summed E-state index contributed by atoms with van der Waals surface area (Å²) in [4.78, 5) is 40.5. The van der Waals surface area contributed by atoms with Crippen LogP contribution < -0.4 is 5.32 Å². The molecule has 0 saturated heterocycles. The number of Topliss-reactive ketones (excluding diaryl/α,β-unsaturated/α-hetero) is 1. The molecule has 12 heteroatoms. The van der Waals surface area contributed by atoms with Crippen LogP contribution in [-0.2, 0) is 46.4 Å². The number of hydrogen-bond donors (Lipinski definition) is 3. The number of carbonyl (C=O) groups excluding carboxylic acids is 2. The summed E-state index contributed by atoms with van der Waals surface area (Å²) in [6.45, 7) is 4.86. The van der Waals surface area contributed by atoms with Crippen LogP contribution in [0.3, 0.4) is 0 Å². The summed E-state index contributed by atoms with van der Waals surface area (Å²) in [5, 5.41) is 22.6. The predicted octanol–water partition coefficient (Wildman–Crippen LogP) is 3.16. The fourth-order valence-corrected chi connectivity index (χ4v) is 6.92. The number of halogens is 1. The van der Waals surface area contributed by atoms with Gasteiger partial charge < -0.3 is 29.6 Å². The second kappa shape index (κ2) is 13.1. The van der Waals surface area contributed by atoms with E-state index in [-0.39, 0.29) is 24.7 Å². The van der Waals surface area contributed by atoms with Gasteiger partial charge in [0.1, 0.15) is 0 Å². The van der Waals surface area contributed by atoms with E-state index in [2.05, 4.69) is 22.2 Å². The summed E-state index contributed by atoms with van der Waals surface area (Å²) in [7, 11) is 5.80. The van der Waals surface area contributed by atoms with Gasteiger partial charge in [-0.1, -0.05) is 41.9 Å². The van der Waals surface area contributed by atoms with E-state index in [0.29, 0.717) is 48.4 Å². The summed E-state index contributed by atoms with van der Waals surface area (Å²) in [6, 6.07) is 11.4. The first-order chi connectivity index (χ1) is 22.0. The number of imidazole rings is 2. The Morgan fingerprint density at radius 1 is 0.935 bits per heavy atom. The molecule has 0 saturated carbocycles. The van der Waals surface area contributed by atoms with Crippen molar-refractivity contribution in [1.82, 2.24) is 28.9 Å². The van der Waals surface area contributed by atoms with E-state index in [1.165, 1.54) is 0 Å². The van der Waals surface area contributed by atoms with Gasteiger partial charge in [-0.2, -0.15) is 0 Å². The summed E-state index contributed by atoms with van der Waals surface area (Å²) < 4.78 is 3.76. The second-order valence-electron chi connectivity index (χ2n) is 12.4. The number of benzene rings is 2. The van der Waals surface area contributed by atoms with Gasteiger partial charge in [0.2, 0.25) is 5.78 Å². The molecular formula is C34H40ClN7O4. The molecule has 0 aliphatic carbocycles. The van der Waals surface area contributed by atoms with Crippen LogP contribution in [0.5, 0.6) is 0 Å². The number of aliphatic hydroxyl groups excluding tert-OH is 2. The molecule has 0 radical (unpaired) electrons. The normalized spacial score (nSPS) is 15.8. The number of nitrogens with zero attached hydrogens (tertiary/aromatic N) is 6. The third kappa shape index (κ3) is 6.13. The summed E-state index contributed by atoms with van der Waals surface area (Å²) in [5.74, 6) is 0.352. The molecule has 11 nitrogen and oxygen atoms in total. The number of nitrogens with one attached hydrogen (secondary N) is 1. The van der Waals surface area contributed by atoms with E-state index in [1.807, 2.05) is 71.5 Å². The topological polar surface area (TPSA) is 129 Å². The standard InChI is InChI=1S/C34H40ClN7O4/c1-20-23(24-9-5-7-21(31(24)35)15-30(45)32-36-26-17-39(2)13-11-28(26)40(32)3)8-6-10-25(20)38-34(46)33-37-27-18-42(16-22(44)19-43)14-12-29(27)41(33)4/h5-10,22,43-44H,11-19H2,1-4H3,(H,38,46)/t22-/m0/s1. The number of carbonyl (C=O) groups is 2. The van der Waals surface area contributed by atoms with Crippen molar-refractivity contribution in [3.63, 3.8) is 0 Å². The average molecular weight is 646 g/mol. The highest BCUT2D eigenvalue weighted by molar-refractivity contribution is 6.34. The third-order valence-corrected chi connectivity index (χ3v) is 9.66. The molecule has 242 valence electrons. The van der Waals surface area contributed by atoms with Gasteiger partial charge in [-0.05, 0) is 36.7 Å². The summed E-state index contributed by atoms with van der Waals surface area (Å²) >= 11 is 6.97. The van der Waals surface area contributed by atoms with E-state index in [0.717, 1.165) is 64.5 Å². The fraction of sp³-hybridized carbons (Fsp3) is 0.412. The lowest BCUT2D eigenvalue weighted by molar-refractivity contribution is 0.0544. The molecule has 6 rings (SSSR count). The number of ketones is 1. The smallest absolute Gasteiger partial charge is 0.291 e. The van der Waals surface area contributed by atoms with Crippen molar-refractivity contribution < 1.29 is 19.8 Å². The van der Waals surface area contributed by atoms with Crippen molar-refractivity contribution in [2.24, 2.45) is 14.1 Å². The highest BCUT2D eigenvalue weighted by Crippen LogP contribution is 2.36. The van der Waals surface area contributed by atoms with E-state index < -0.39 is 6.10 Å². The largest absolute Gasteiger partial charge is 0.394 e. The van der Waals surface area contributed by atoms with Crippen molar-refractivity contribution in [3.05, 3.63) is 87.0 Å². The van der Waals surface area contributed by atoms with Crippen molar-refractivity contribution >= 4 is 29.0 Å². The van der Waals surface area contributed by atoms with Crippen LogP contribution in [0.15, 0.2) is 36.4 Å². The zero-order chi connectivity index (χ0) is 32.7. The Hall–Kier alpha value is -3.87. The minimum atomic E-state index is -0.813. The first kappa shape index (κ1) is 32.1. The number of likely N-dealkylation sites (N-methyl/N-ethyl adjacent to an activating group) is 1. The number of β-amino-alcohol motifs (C(OH)–C–C–N with tert-alkyl or cyclic N) is 1. The van der Waals surface area contributed by atoms with E-state index in [9.17, 15) is 19.8 Å². The molecule has 2 aliphatic rings. The Bertz CT molecular complexity index is 1810. The predicted molar refractivity (Wildman–Crippen MR) is 176 cm³/mol. The molecule has 4 heterocycles. The van der Waals surface area contributed by atoms with Crippen LogP contribution in [0.1, 0.15) is 55.1 Å². The fourth-order valence-electron chi connectivity index (χ4n) is 6.62. The third-order valence-electron chi connectivity index (χ3n) is 9.22. The molecule has 2 aromatic carbocycles. The maximum atomic E-state index is 13.5. The molecule has 0 unspecified atom stereocenters. The van der Waals surface area contributed by atoms with Crippen LogP contribution in [0, 0.1) is 6.92 Å². The Balaban J connectivity index is 1.21. The van der Waals surface area contributed by atoms with Crippen molar-refractivity contribution in [1.29, 1.82) is 0 Å². The van der Waals surface area contributed by atoms with Crippen LogP contribution in [0.4, 0.5) is 5.69 Å². The van der Waals surface area contributed by atoms with Crippen molar-refractivity contribution in [2.45, 2.75) is 45.4 Å². The Morgan fingerprint density at radius 2 is 1.59 bits per heavy atom. The molecule has 0 fully saturated rings. The first-order valence-corrected chi connectivity index (χ1v) is 15.9. The monoisotopic (exact) mass is 645 g/mol. The highest BCUT2D eigenvalue weighted by Gasteiger charge is 2.27. The zero-order valence-electron chi connectivity index (χ0n) is 26.7. The van der Waals surface area contributed by atoms with Gasteiger partial charge in [0.05, 0.1) is 29.1 Å². The zero-order valence-corrected chi connectivity index (χ0v) is 27.4. The number of fused-ring (bicyclic) bond motifs is 2. The van der Waals surface area contributed by atoms with E-state index in [1.54, 1.807) is 0 Å². The summed E-state index contributed by atoms with van der Waals surface area (Å²) in [6.07, 6.45) is 0.867. The van der Waals surface area contributed by atoms with Gasteiger partial charge >= 0.3 is 0 Å².